The van der Waals surface area contributed by atoms with Gasteiger partial charge in [-0.25, -0.2) is 9.97 Å². The molecule has 0 aliphatic heterocycles. The highest BCUT2D eigenvalue weighted by Gasteiger charge is 2.15. The molecule has 0 atom stereocenters. The zero-order valence-corrected chi connectivity index (χ0v) is 7.98. The van der Waals surface area contributed by atoms with Crippen molar-refractivity contribution in [3.63, 3.8) is 0 Å². The first-order chi connectivity index (χ1) is 5.27. The molecular weight excluding hydrogens is 204 g/mol. The third kappa shape index (κ3) is 1.18. The highest BCUT2D eigenvalue weighted by atomic mass is 79.9. The van der Waals surface area contributed by atoms with Crippen LogP contribution in [0.15, 0.2) is 4.73 Å². The molecule has 0 saturated carbocycles. The lowest BCUT2D eigenvalue weighted by Crippen LogP contribution is -1.96. The lowest BCUT2D eigenvalue weighted by Gasteiger charge is -2.01. The fourth-order valence-corrected chi connectivity index (χ4v) is 2.06. The third-order valence-corrected chi connectivity index (χ3v) is 2.47. The van der Waals surface area contributed by atoms with Crippen LogP contribution in [0.3, 0.4) is 0 Å². The van der Waals surface area contributed by atoms with E-state index in [9.17, 15) is 0 Å². The van der Waals surface area contributed by atoms with Crippen molar-refractivity contribution in [2.24, 2.45) is 0 Å². The Bertz CT molecular complexity index is 296. The Balaban J connectivity index is 2.60. The third-order valence-electron chi connectivity index (χ3n) is 2.11. The Morgan fingerprint density at radius 3 is 2.91 bits per heavy atom. The minimum atomic E-state index is 0.732. The molecule has 0 fully saturated rings. The van der Waals surface area contributed by atoms with Gasteiger partial charge in [0.1, 0.15) is 0 Å². The molecule has 0 unspecified atom stereocenters. The van der Waals surface area contributed by atoms with Gasteiger partial charge in [-0.1, -0.05) is 0 Å². The standard InChI is InChI=1S/C8H9BrN2/c1-5-6-3-2-4-7(6)11-8(9)10-5/h2-4H2,1H3. The molecule has 1 aliphatic carbocycles. The fraction of sp³-hybridized carbons (Fsp3) is 0.500. The van der Waals surface area contributed by atoms with Crippen LogP contribution in [0.1, 0.15) is 23.4 Å². The summed E-state index contributed by atoms with van der Waals surface area (Å²) >= 11 is 3.29. The molecule has 0 spiro atoms. The first-order valence-corrected chi connectivity index (χ1v) is 4.58. The number of aromatic nitrogens is 2. The van der Waals surface area contributed by atoms with Gasteiger partial charge in [0.2, 0.25) is 0 Å². The van der Waals surface area contributed by atoms with E-state index in [-0.39, 0.29) is 0 Å². The topological polar surface area (TPSA) is 25.8 Å². The summed E-state index contributed by atoms with van der Waals surface area (Å²) in [6.07, 6.45) is 3.52. The van der Waals surface area contributed by atoms with E-state index in [1.165, 1.54) is 17.7 Å². The van der Waals surface area contributed by atoms with E-state index in [1.807, 2.05) is 0 Å². The molecule has 2 nitrogen and oxygen atoms in total. The van der Waals surface area contributed by atoms with Gasteiger partial charge in [0.25, 0.3) is 0 Å². The number of fused-ring (bicyclic) bond motifs is 1. The zero-order valence-electron chi connectivity index (χ0n) is 6.39. The van der Waals surface area contributed by atoms with Gasteiger partial charge in [0.05, 0.1) is 0 Å². The molecule has 0 amide bonds. The van der Waals surface area contributed by atoms with Crippen molar-refractivity contribution in [1.29, 1.82) is 0 Å². The monoisotopic (exact) mass is 212 g/mol. The van der Waals surface area contributed by atoms with Crippen molar-refractivity contribution in [2.45, 2.75) is 26.2 Å². The Labute approximate surface area is 74.2 Å². The van der Waals surface area contributed by atoms with Gasteiger partial charge < -0.3 is 0 Å². The minimum absolute atomic E-state index is 0.732. The maximum atomic E-state index is 4.32. The maximum absolute atomic E-state index is 4.32. The first kappa shape index (κ1) is 7.22. The van der Waals surface area contributed by atoms with Crippen LogP contribution in [0.5, 0.6) is 0 Å². The second kappa shape index (κ2) is 2.55. The molecular formula is C8H9BrN2. The lowest BCUT2D eigenvalue weighted by atomic mass is 10.2. The molecule has 0 saturated heterocycles. The van der Waals surface area contributed by atoms with Gasteiger partial charge in [-0.15, -0.1) is 0 Å². The molecule has 0 bridgehead atoms. The largest absolute Gasteiger partial charge is 0.227 e. The number of nitrogens with zero attached hydrogens (tertiary/aromatic N) is 2. The Kier molecular flexibility index (Phi) is 1.68. The second-order valence-corrected chi connectivity index (χ2v) is 3.57. The van der Waals surface area contributed by atoms with Gasteiger partial charge in [0.15, 0.2) is 4.73 Å². The van der Waals surface area contributed by atoms with Crippen molar-refractivity contribution in [1.82, 2.24) is 9.97 Å². The van der Waals surface area contributed by atoms with E-state index >= 15 is 0 Å². The molecule has 11 heavy (non-hydrogen) atoms. The predicted molar refractivity (Wildman–Crippen MR) is 46.5 cm³/mol. The summed E-state index contributed by atoms with van der Waals surface area (Å²) in [5.74, 6) is 0. The average Bonchev–Trinajstić information content (AvgIpc) is 2.34. The van der Waals surface area contributed by atoms with Crippen molar-refractivity contribution in [2.75, 3.05) is 0 Å². The smallest absolute Gasteiger partial charge is 0.197 e. The van der Waals surface area contributed by atoms with E-state index in [4.69, 9.17) is 0 Å². The second-order valence-electron chi connectivity index (χ2n) is 2.86. The summed E-state index contributed by atoms with van der Waals surface area (Å²) < 4.78 is 0.732. The number of rotatable bonds is 0. The van der Waals surface area contributed by atoms with E-state index in [2.05, 4.69) is 32.8 Å². The van der Waals surface area contributed by atoms with Gasteiger partial charge in [-0.2, -0.15) is 0 Å². The summed E-state index contributed by atoms with van der Waals surface area (Å²) in [4.78, 5) is 8.57. The Morgan fingerprint density at radius 2 is 2.09 bits per heavy atom. The molecule has 1 aromatic rings. The number of aryl methyl sites for hydroxylation is 2. The lowest BCUT2D eigenvalue weighted by molar-refractivity contribution is 0.897. The Morgan fingerprint density at radius 1 is 1.27 bits per heavy atom. The van der Waals surface area contributed by atoms with Crippen LogP contribution in [-0.2, 0) is 12.8 Å². The average molecular weight is 213 g/mol. The van der Waals surface area contributed by atoms with Gasteiger partial charge in [-0.05, 0) is 47.7 Å². The summed E-state index contributed by atoms with van der Waals surface area (Å²) in [5.41, 5.74) is 3.75. The van der Waals surface area contributed by atoms with E-state index in [0.717, 1.165) is 23.3 Å². The van der Waals surface area contributed by atoms with E-state index in [0.29, 0.717) is 0 Å². The predicted octanol–water partition coefficient (Wildman–Crippen LogP) is 2.04. The Hall–Kier alpha value is -0.440. The van der Waals surface area contributed by atoms with Crippen LogP contribution in [0, 0.1) is 6.92 Å². The highest BCUT2D eigenvalue weighted by Crippen LogP contribution is 2.23. The van der Waals surface area contributed by atoms with Gasteiger partial charge in [-0.3, -0.25) is 0 Å². The molecule has 0 radical (unpaired) electrons. The summed E-state index contributed by atoms with van der Waals surface area (Å²) in [5, 5.41) is 0. The van der Waals surface area contributed by atoms with Crippen molar-refractivity contribution in [3.05, 3.63) is 21.7 Å². The van der Waals surface area contributed by atoms with Crippen molar-refractivity contribution < 1.29 is 0 Å². The quantitative estimate of drug-likeness (QED) is 0.616. The van der Waals surface area contributed by atoms with Crippen molar-refractivity contribution >= 4 is 15.9 Å². The molecule has 2 rings (SSSR count). The molecule has 3 heteroatoms. The van der Waals surface area contributed by atoms with E-state index < -0.39 is 0 Å². The molecule has 1 aromatic heterocycles. The van der Waals surface area contributed by atoms with Crippen LogP contribution in [0.25, 0.3) is 0 Å². The van der Waals surface area contributed by atoms with E-state index in [1.54, 1.807) is 0 Å². The van der Waals surface area contributed by atoms with Gasteiger partial charge >= 0.3 is 0 Å². The van der Waals surface area contributed by atoms with Crippen LogP contribution < -0.4 is 0 Å². The zero-order chi connectivity index (χ0) is 7.84. The SMILES string of the molecule is Cc1nc(Br)nc2c1CCC2. The first-order valence-electron chi connectivity index (χ1n) is 3.79. The van der Waals surface area contributed by atoms with Crippen LogP contribution in [0.2, 0.25) is 0 Å². The van der Waals surface area contributed by atoms with Crippen LogP contribution in [0.4, 0.5) is 0 Å². The maximum Gasteiger partial charge on any atom is 0.197 e. The number of hydrogen-bond donors (Lipinski definition) is 0. The molecule has 1 aliphatic rings. The normalized spacial score (nSPS) is 15.1. The molecule has 1 heterocycles. The fourth-order valence-electron chi connectivity index (χ4n) is 1.58. The number of halogens is 1. The van der Waals surface area contributed by atoms with Crippen molar-refractivity contribution in [3.8, 4) is 0 Å². The summed E-state index contributed by atoms with van der Waals surface area (Å²) in [6, 6.07) is 0. The highest BCUT2D eigenvalue weighted by molar-refractivity contribution is 9.10. The number of hydrogen-bond acceptors (Lipinski definition) is 2. The van der Waals surface area contributed by atoms with Crippen LogP contribution >= 0.6 is 15.9 Å². The van der Waals surface area contributed by atoms with Gasteiger partial charge in [0, 0.05) is 11.4 Å². The minimum Gasteiger partial charge on any atom is -0.227 e. The van der Waals surface area contributed by atoms with Crippen LogP contribution in [-0.4, -0.2) is 9.97 Å². The molecule has 0 aromatic carbocycles. The molecule has 0 N–H and O–H groups in total. The summed E-state index contributed by atoms with van der Waals surface area (Å²) in [6.45, 7) is 2.05. The summed E-state index contributed by atoms with van der Waals surface area (Å²) in [7, 11) is 0. The molecule has 58 valence electrons.